The molecule has 20 heavy (non-hydrogen) atoms. The van der Waals surface area contributed by atoms with Crippen molar-refractivity contribution in [2.45, 2.75) is 12.7 Å². The van der Waals surface area contributed by atoms with Gasteiger partial charge in [-0.15, -0.1) is 0 Å². The van der Waals surface area contributed by atoms with Gasteiger partial charge in [-0.05, 0) is 19.1 Å². The molecule has 112 valence electrons. The Bertz CT molecular complexity index is 478. The molecule has 1 atom stereocenters. The van der Waals surface area contributed by atoms with Crippen molar-refractivity contribution in [2.24, 2.45) is 5.73 Å². The first kappa shape index (κ1) is 17.6. The van der Waals surface area contributed by atoms with E-state index in [4.69, 9.17) is 22.7 Å². The van der Waals surface area contributed by atoms with Crippen LogP contribution in [-0.2, 0) is 10.5 Å². The van der Waals surface area contributed by atoms with Gasteiger partial charge in [-0.2, -0.15) is 16.6 Å². The molecular formula is C10H17N4O2S4+. The Morgan fingerprint density at radius 3 is 2.95 bits per heavy atom. The molecular weight excluding hydrogens is 336 g/mol. The lowest BCUT2D eigenvalue weighted by Crippen LogP contribution is -2.36. The molecule has 1 heterocycles. The van der Waals surface area contributed by atoms with E-state index in [-0.39, 0.29) is 7.61 Å². The topological polar surface area (TPSA) is 81.0 Å². The molecule has 1 amide bonds. The zero-order valence-electron chi connectivity index (χ0n) is 11.2. The van der Waals surface area contributed by atoms with E-state index in [9.17, 15) is 4.79 Å². The number of carbonyl (C=O) groups is 1. The van der Waals surface area contributed by atoms with Gasteiger partial charge in [-0.3, -0.25) is 0 Å². The van der Waals surface area contributed by atoms with Gasteiger partial charge in [0, 0.05) is 17.2 Å². The minimum absolute atomic E-state index is 0.142. The third-order valence-electron chi connectivity index (χ3n) is 2.23. The molecule has 10 heteroatoms. The van der Waals surface area contributed by atoms with Crippen LogP contribution in [0.4, 0.5) is 4.79 Å². The Morgan fingerprint density at radius 1 is 1.70 bits per heavy atom. The van der Waals surface area contributed by atoms with Crippen LogP contribution in [0.5, 0.6) is 0 Å². The van der Waals surface area contributed by atoms with Crippen LogP contribution >= 0.6 is 48.7 Å². The number of rotatable bonds is 5. The summed E-state index contributed by atoms with van der Waals surface area (Å²) in [5.41, 5.74) is 7.44. The van der Waals surface area contributed by atoms with Gasteiger partial charge < -0.3 is 15.5 Å². The van der Waals surface area contributed by atoms with Gasteiger partial charge in [0.2, 0.25) is 0 Å². The summed E-state index contributed by atoms with van der Waals surface area (Å²) < 4.78 is 4.89. The van der Waals surface area contributed by atoms with Crippen molar-refractivity contribution < 1.29 is 12.8 Å². The zero-order chi connectivity index (χ0) is 15.2. The van der Waals surface area contributed by atoms with Gasteiger partial charge >= 0.3 is 6.09 Å². The van der Waals surface area contributed by atoms with Crippen LogP contribution in [-0.4, -0.2) is 43.1 Å². The predicted molar refractivity (Wildman–Crippen MR) is 90.4 cm³/mol. The van der Waals surface area contributed by atoms with Gasteiger partial charge in [0.05, 0.1) is 24.8 Å². The van der Waals surface area contributed by atoms with Crippen LogP contribution in [0.1, 0.15) is 11.4 Å². The average Bonchev–Trinajstić information content (AvgIpc) is 2.72. The Labute approximate surface area is 137 Å². The monoisotopic (exact) mass is 353 g/mol. The van der Waals surface area contributed by atoms with Crippen molar-refractivity contribution >= 4 is 59.2 Å². The first-order valence-electron chi connectivity index (χ1n) is 5.65. The number of aryl methyl sites for hydroxylation is 1. The van der Waals surface area contributed by atoms with Crippen molar-refractivity contribution in [1.29, 1.82) is 0 Å². The van der Waals surface area contributed by atoms with E-state index in [2.05, 4.69) is 22.8 Å². The summed E-state index contributed by atoms with van der Waals surface area (Å²) in [6.45, 7) is 2.28. The lowest BCUT2D eigenvalue weighted by molar-refractivity contribution is -0.530. The standard InChI is InChI=1S/C10H16N4O2S4/c1-7-8(13-6-12-7)5-19-4-3-16-10(15)14(2,18)20-9(11)17/h6,18H,3-5H2,1-2H3,(H2-,11,12,13,17)/p+1. The number of thioether (sulfide) groups is 1. The lowest BCUT2D eigenvalue weighted by atomic mass is 10.4. The number of amides is 1. The SMILES string of the molecule is Cc1[nH]cnc1CSCCOC(=O)[N+](C)(S)SC(N)=S. The van der Waals surface area contributed by atoms with Crippen molar-refractivity contribution in [3.8, 4) is 0 Å². The molecule has 0 fully saturated rings. The second-order valence-corrected chi connectivity index (χ2v) is 8.16. The Morgan fingerprint density at radius 2 is 2.40 bits per heavy atom. The van der Waals surface area contributed by atoms with E-state index in [1.165, 1.54) is 0 Å². The highest BCUT2D eigenvalue weighted by Gasteiger charge is 2.34. The van der Waals surface area contributed by atoms with Crippen molar-refractivity contribution in [3.05, 3.63) is 17.7 Å². The van der Waals surface area contributed by atoms with Crippen LogP contribution in [0.25, 0.3) is 0 Å². The number of imidazole rings is 1. The van der Waals surface area contributed by atoms with Crippen LogP contribution in [0.3, 0.4) is 0 Å². The minimum atomic E-state index is -0.498. The highest BCUT2D eigenvalue weighted by molar-refractivity contribution is 8.21. The molecule has 0 radical (unpaired) electrons. The summed E-state index contributed by atoms with van der Waals surface area (Å²) in [7, 11) is 1.55. The fourth-order valence-corrected chi connectivity index (χ4v) is 3.46. The molecule has 1 aromatic rings. The maximum absolute atomic E-state index is 11.8. The number of aromatic nitrogens is 2. The number of hydrogen-bond donors (Lipinski definition) is 3. The highest BCUT2D eigenvalue weighted by Crippen LogP contribution is 2.25. The van der Waals surface area contributed by atoms with E-state index in [1.54, 1.807) is 25.1 Å². The number of carbonyl (C=O) groups excluding carboxylic acids is 1. The number of nitrogens with zero attached hydrogens (tertiary/aromatic N) is 2. The first-order chi connectivity index (χ1) is 9.33. The number of ether oxygens (including phenoxy) is 1. The Kier molecular flexibility index (Phi) is 7.17. The van der Waals surface area contributed by atoms with Gasteiger partial charge in [0.25, 0.3) is 0 Å². The number of aromatic amines is 1. The molecule has 1 rings (SSSR count). The van der Waals surface area contributed by atoms with Gasteiger partial charge in [0.1, 0.15) is 13.7 Å². The second kappa shape index (κ2) is 8.13. The zero-order valence-corrected chi connectivity index (χ0v) is 14.5. The number of H-pyrrole nitrogens is 1. The quantitative estimate of drug-likeness (QED) is 0.246. The minimum Gasteiger partial charge on any atom is -0.418 e. The molecule has 0 spiro atoms. The number of thiol groups is 1. The van der Waals surface area contributed by atoms with Gasteiger partial charge in [0.15, 0.2) is 16.3 Å². The van der Waals surface area contributed by atoms with E-state index in [0.29, 0.717) is 12.4 Å². The molecule has 1 unspecified atom stereocenters. The summed E-state index contributed by atoms with van der Waals surface area (Å²) in [4.78, 5) is 19.0. The highest BCUT2D eigenvalue weighted by atomic mass is 32.2. The number of nitrogens with two attached hydrogens (primary N) is 1. The fraction of sp³-hybridized carbons (Fsp3) is 0.500. The van der Waals surface area contributed by atoms with Gasteiger partial charge in [-0.25, -0.2) is 4.98 Å². The summed E-state index contributed by atoms with van der Waals surface area (Å²) in [5.74, 6) is 1.46. The summed E-state index contributed by atoms with van der Waals surface area (Å²) in [6.07, 6.45) is 1.17. The molecule has 0 bridgehead atoms. The Hall–Kier alpha value is -0.420. The predicted octanol–water partition coefficient (Wildman–Crippen LogP) is 2.27. The maximum atomic E-state index is 11.8. The third kappa shape index (κ3) is 5.92. The second-order valence-electron chi connectivity index (χ2n) is 3.93. The number of thiocarbonyl (C=S) groups is 1. The third-order valence-corrected chi connectivity index (χ3v) is 4.48. The molecule has 0 saturated heterocycles. The normalized spacial score (nSPS) is 13.8. The van der Waals surface area contributed by atoms with Crippen molar-refractivity contribution in [2.75, 3.05) is 19.4 Å². The number of hydrogen-bond acceptors (Lipinski definition) is 7. The van der Waals surface area contributed by atoms with Crippen LogP contribution < -0.4 is 5.73 Å². The van der Waals surface area contributed by atoms with Crippen LogP contribution in [0.15, 0.2) is 6.33 Å². The van der Waals surface area contributed by atoms with E-state index in [1.807, 2.05) is 6.92 Å². The summed E-state index contributed by atoms with van der Waals surface area (Å²) in [6, 6.07) is 0. The van der Waals surface area contributed by atoms with Gasteiger partial charge in [-0.1, -0.05) is 3.29 Å². The smallest absolute Gasteiger partial charge is 0.418 e. The molecule has 0 aliphatic carbocycles. The first-order valence-corrected chi connectivity index (χ1v) is 8.38. The molecule has 0 aliphatic rings. The van der Waals surface area contributed by atoms with Crippen molar-refractivity contribution in [3.63, 3.8) is 0 Å². The Balaban J connectivity index is 2.22. The van der Waals surface area contributed by atoms with Crippen LogP contribution in [0.2, 0.25) is 0 Å². The maximum Gasteiger partial charge on any atom is 0.540 e. The molecule has 0 aromatic carbocycles. The van der Waals surface area contributed by atoms with E-state index < -0.39 is 6.09 Å². The van der Waals surface area contributed by atoms with Crippen molar-refractivity contribution in [1.82, 2.24) is 9.97 Å². The molecule has 1 aromatic heterocycles. The molecule has 0 saturated carbocycles. The summed E-state index contributed by atoms with van der Waals surface area (Å²) in [5, 5.41) is 0. The average molecular weight is 354 g/mol. The van der Waals surface area contributed by atoms with E-state index >= 15 is 0 Å². The lowest BCUT2D eigenvalue weighted by Gasteiger charge is -2.18. The van der Waals surface area contributed by atoms with E-state index in [0.717, 1.165) is 29.1 Å². The number of quaternary nitrogens is 1. The summed E-state index contributed by atoms with van der Waals surface area (Å²) >= 11 is 11.5. The fourth-order valence-electron chi connectivity index (χ4n) is 1.22. The van der Waals surface area contributed by atoms with Crippen LogP contribution in [0, 0.1) is 6.92 Å². The number of nitrogens with one attached hydrogen (secondary N) is 1. The molecule has 3 N–H and O–H groups in total. The largest absolute Gasteiger partial charge is 0.540 e. The molecule has 0 aliphatic heterocycles. The molecule has 6 nitrogen and oxygen atoms in total.